The van der Waals surface area contributed by atoms with E-state index in [0.29, 0.717) is 5.92 Å². The highest BCUT2D eigenvalue weighted by Crippen LogP contribution is 2.30. The van der Waals surface area contributed by atoms with Gasteiger partial charge in [0.05, 0.1) is 0 Å². The van der Waals surface area contributed by atoms with Gasteiger partial charge in [-0.25, -0.2) is 0 Å². The van der Waals surface area contributed by atoms with E-state index in [1.807, 2.05) is 0 Å². The molecule has 0 bridgehead atoms. The van der Waals surface area contributed by atoms with Gasteiger partial charge in [0, 0.05) is 0 Å². The summed E-state index contributed by atoms with van der Waals surface area (Å²) in [5.41, 5.74) is 1.52. The van der Waals surface area contributed by atoms with Crippen LogP contribution in [0.1, 0.15) is 59.8 Å². The fourth-order valence-corrected chi connectivity index (χ4v) is 2.98. The van der Waals surface area contributed by atoms with E-state index >= 15 is 0 Å². The second kappa shape index (κ2) is 8.34. The van der Waals surface area contributed by atoms with Crippen LogP contribution in [0.2, 0.25) is 0 Å². The van der Waals surface area contributed by atoms with Crippen molar-refractivity contribution in [3.8, 4) is 0 Å². The van der Waals surface area contributed by atoms with Crippen LogP contribution in [0.3, 0.4) is 0 Å². The third kappa shape index (κ3) is 5.25. The van der Waals surface area contributed by atoms with Crippen molar-refractivity contribution in [1.82, 2.24) is 0 Å². The van der Waals surface area contributed by atoms with Gasteiger partial charge in [-0.05, 0) is 37.5 Å². The zero-order valence-electron chi connectivity index (χ0n) is 12.7. The van der Waals surface area contributed by atoms with Crippen LogP contribution in [-0.4, -0.2) is 0 Å². The first-order valence-corrected chi connectivity index (χ1v) is 7.69. The summed E-state index contributed by atoms with van der Waals surface area (Å²) >= 11 is 0. The molecule has 0 aromatic rings. The minimum atomic E-state index is 0.652. The van der Waals surface area contributed by atoms with Gasteiger partial charge in [0.15, 0.2) is 0 Å². The van der Waals surface area contributed by atoms with Gasteiger partial charge in [-0.1, -0.05) is 76.0 Å². The Labute approximate surface area is 114 Å². The Kier molecular flexibility index (Phi) is 7.08. The molecule has 0 amide bonds. The molecule has 0 nitrogen and oxygen atoms in total. The average molecular weight is 246 g/mol. The maximum absolute atomic E-state index is 2.42. The van der Waals surface area contributed by atoms with Gasteiger partial charge in [-0.3, -0.25) is 0 Å². The predicted octanol–water partition coefficient (Wildman–Crippen LogP) is 5.92. The lowest BCUT2D eigenvalue weighted by atomic mass is 9.82. The van der Waals surface area contributed by atoms with E-state index in [0.717, 1.165) is 11.8 Å². The molecule has 0 aliphatic heterocycles. The maximum Gasteiger partial charge on any atom is -0.00172 e. The molecular formula is C18H30. The standard InChI is InChI=1S/C18H30/c1-5-10-15(3)13-17(6-2)14-18-12-9-7-8-11-16(18)4/h7-9,11-12,15,17-18H,5-6,10,13-14H2,1-4H3. The number of hydrogen-bond acceptors (Lipinski definition) is 0. The molecule has 18 heavy (non-hydrogen) atoms. The average Bonchev–Trinajstić information content (AvgIpc) is 2.54. The van der Waals surface area contributed by atoms with Crippen LogP contribution in [0.15, 0.2) is 36.0 Å². The number of allylic oxidation sites excluding steroid dienone is 6. The summed E-state index contributed by atoms with van der Waals surface area (Å²) in [6.07, 6.45) is 17.9. The minimum absolute atomic E-state index is 0.652. The van der Waals surface area contributed by atoms with Crippen LogP contribution in [0, 0.1) is 17.8 Å². The van der Waals surface area contributed by atoms with Gasteiger partial charge in [0.1, 0.15) is 0 Å². The lowest BCUT2D eigenvalue weighted by molar-refractivity contribution is 0.328. The minimum Gasteiger partial charge on any atom is -0.0773 e. The first kappa shape index (κ1) is 15.3. The van der Waals surface area contributed by atoms with E-state index in [-0.39, 0.29) is 0 Å². The topological polar surface area (TPSA) is 0 Å². The molecule has 0 saturated heterocycles. The van der Waals surface area contributed by atoms with Crippen LogP contribution >= 0.6 is 0 Å². The molecular weight excluding hydrogens is 216 g/mol. The molecule has 3 atom stereocenters. The molecule has 0 spiro atoms. The Morgan fingerprint density at radius 2 is 1.94 bits per heavy atom. The summed E-state index contributed by atoms with van der Waals surface area (Å²) < 4.78 is 0. The fourth-order valence-electron chi connectivity index (χ4n) is 2.98. The highest BCUT2D eigenvalue weighted by atomic mass is 14.2. The number of hydrogen-bond donors (Lipinski definition) is 0. The van der Waals surface area contributed by atoms with Gasteiger partial charge >= 0.3 is 0 Å². The Hall–Kier alpha value is -0.780. The van der Waals surface area contributed by atoms with Gasteiger partial charge in [0.2, 0.25) is 0 Å². The molecule has 0 heterocycles. The lowest BCUT2D eigenvalue weighted by Crippen LogP contribution is -2.11. The van der Waals surface area contributed by atoms with E-state index < -0.39 is 0 Å². The van der Waals surface area contributed by atoms with E-state index in [1.54, 1.807) is 0 Å². The van der Waals surface area contributed by atoms with E-state index in [2.05, 4.69) is 58.1 Å². The number of rotatable bonds is 7. The molecule has 3 unspecified atom stereocenters. The van der Waals surface area contributed by atoms with E-state index in [4.69, 9.17) is 0 Å². The lowest BCUT2D eigenvalue weighted by Gasteiger charge is -2.23. The summed E-state index contributed by atoms with van der Waals surface area (Å²) in [6.45, 7) is 9.33. The summed E-state index contributed by atoms with van der Waals surface area (Å²) in [7, 11) is 0. The van der Waals surface area contributed by atoms with Crippen molar-refractivity contribution in [2.45, 2.75) is 59.8 Å². The van der Waals surface area contributed by atoms with Crippen LogP contribution in [0.25, 0.3) is 0 Å². The van der Waals surface area contributed by atoms with Gasteiger partial charge in [0.25, 0.3) is 0 Å². The predicted molar refractivity (Wildman–Crippen MR) is 82.6 cm³/mol. The van der Waals surface area contributed by atoms with Crippen molar-refractivity contribution in [2.75, 3.05) is 0 Å². The Morgan fingerprint density at radius 3 is 2.61 bits per heavy atom. The smallest absolute Gasteiger partial charge is 0.00172 e. The molecule has 0 fully saturated rings. The molecule has 0 radical (unpaired) electrons. The van der Waals surface area contributed by atoms with Gasteiger partial charge in [-0.2, -0.15) is 0 Å². The van der Waals surface area contributed by atoms with Crippen molar-refractivity contribution in [1.29, 1.82) is 0 Å². The summed E-state index contributed by atoms with van der Waals surface area (Å²) in [5, 5.41) is 0. The molecule has 1 aliphatic rings. The van der Waals surface area contributed by atoms with Crippen molar-refractivity contribution < 1.29 is 0 Å². The highest BCUT2D eigenvalue weighted by molar-refractivity contribution is 5.25. The molecule has 0 saturated carbocycles. The molecule has 0 heteroatoms. The first-order valence-electron chi connectivity index (χ1n) is 7.69. The quantitative estimate of drug-likeness (QED) is 0.523. The van der Waals surface area contributed by atoms with Crippen LogP contribution in [0.4, 0.5) is 0 Å². The molecule has 0 N–H and O–H groups in total. The largest absolute Gasteiger partial charge is 0.0773 e. The monoisotopic (exact) mass is 246 g/mol. The molecule has 1 rings (SSSR count). The normalized spacial score (nSPS) is 22.4. The molecule has 102 valence electrons. The first-order chi connectivity index (χ1) is 8.67. The van der Waals surface area contributed by atoms with Crippen molar-refractivity contribution in [3.63, 3.8) is 0 Å². The maximum atomic E-state index is 2.42. The third-order valence-corrected chi connectivity index (χ3v) is 4.19. The molecule has 0 aromatic heterocycles. The van der Waals surface area contributed by atoms with Gasteiger partial charge in [-0.15, -0.1) is 0 Å². The van der Waals surface area contributed by atoms with E-state index in [9.17, 15) is 0 Å². The second-order valence-corrected chi connectivity index (χ2v) is 5.93. The SMILES string of the molecule is CCCC(C)CC(CC)CC1C=CC=CC=C1C. The van der Waals surface area contributed by atoms with E-state index in [1.165, 1.54) is 37.7 Å². The van der Waals surface area contributed by atoms with Gasteiger partial charge < -0.3 is 0 Å². The summed E-state index contributed by atoms with van der Waals surface area (Å²) in [6, 6.07) is 0. The Bertz CT molecular complexity index is 306. The van der Waals surface area contributed by atoms with Crippen molar-refractivity contribution >= 4 is 0 Å². The van der Waals surface area contributed by atoms with Crippen LogP contribution in [-0.2, 0) is 0 Å². The van der Waals surface area contributed by atoms with Crippen LogP contribution in [0.5, 0.6) is 0 Å². The zero-order valence-corrected chi connectivity index (χ0v) is 12.7. The third-order valence-electron chi connectivity index (χ3n) is 4.19. The molecule has 1 aliphatic carbocycles. The zero-order chi connectivity index (χ0) is 13.4. The Balaban J connectivity index is 2.52. The highest BCUT2D eigenvalue weighted by Gasteiger charge is 2.17. The molecule has 0 aromatic carbocycles. The van der Waals surface area contributed by atoms with Crippen molar-refractivity contribution in [3.05, 3.63) is 36.0 Å². The second-order valence-electron chi connectivity index (χ2n) is 5.93. The van der Waals surface area contributed by atoms with Crippen LogP contribution < -0.4 is 0 Å². The summed E-state index contributed by atoms with van der Waals surface area (Å²) in [5.74, 6) is 2.42. The Morgan fingerprint density at radius 1 is 1.17 bits per heavy atom. The fraction of sp³-hybridized carbons (Fsp3) is 0.667. The van der Waals surface area contributed by atoms with Crippen molar-refractivity contribution in [2.24, 2.45) is 17.8 Å². The summed E-state index contributed by atoms with van der Waals surface area (Å²) in [4.78, 5) is 0.